The summed E-state index contributed by atoms with van der Waals surface area (Å²) in [5, 5.41) is 8.87. The Labute approximate surface area is 121 Å². The summed E-state index contributed by atoms with van der Waals surface area (Å²) in [7, 11) is 0. The van der Waals surface area contributed by atoms with Gasteiger partial charge in [-0.3, -0.25) is 4.79 Å². The third-order valence-electron chi connectivity index (χ3n) is 3.77. The van der Waals surface area contributed by atoms with Crippen LogP contribution in [-0.2, 0) is 0 Å². The van der Waals surface area contributed by atoms with Crippen LogP contribution in [0.2, 0.25) is 0 Å². The van der Waals surface area contributed by atoms with Gasteiger partial charge in [-0.25, -0.2) is 9.37 Å². The van der Waals surface area contributed by atoms with Crippen LogP contribution >= 0.6 is 0 Å². The first-order chi connectivity index (χ1) is 10.2. The van der Waals surface area contributed by atoms with Gasteiger partial charge < -0.3 is 15.0 Å². The van der Waals surface area contributed by atoms with Gasteiger partial charge in [0, 0.05) is 19.2 Å². The largest absolute Gasteiger partial charge is 0.396 e. The van der Waals surface area contributed by atoms with Crippen molar-refractivity contribution in [3.8, 4) is 0 Å². The zero-order valence-corrected chi connectivity index (χ0v) is 11.7. The minimum Gasteiger partial charge on any atom is -0.396 e. The average Bonchev–Trinajstić information content (AvgIpc) is 3.20. The topological polar surface area (TPSA) is 69.2 Å². The molecule has 6 heteroatoms. The van der Waals surface area contributed by atoms with Gasteiger partial charge in [-0.2, -0.15) is 0 Å². The molecule has 3 rings (SSSR count). The normalized spacial score (nSPS) is 14.6. The van der Waals surface area contributed by atoms with E-state index in [1.165, 1.54) is 18.5 Å². The molecule has 1 aromatic heterocycles. The van der Waals surface area contributed by atoms with Gasteiger partial charge in [-0.15, -0.1) is 0 Å². The van der Waals surface area contributed by atoms with Crippen LogP contribution in [-0.4, -0.2) is 45.1 Å². The van der Waals surface area contributed by atoms with Crippen molar-refractivity contribution in [2.45, 2.75) is 31.7 Å². The Balaban J connectivity index is 1.88. The lowest BCUT2D eigenvalue weighted by atomic mass is 10.1. The number of imidazole rings is 1. The molecule has 2 aromatic rings. The molecule has 0 saturated heterocycles. The van der Waals surface area contributed by atoms with Crippen LogP contribution in [0.5, 0.6) is 0 Å². The molecule has 1 fully saturated rings. The number of halogens is 1. The molecule has 1 saturated carbocycles. The fourth-order valence-corrected chi connectivity index (χ4v) is 2.56. The molecule has 2 N–H and O–H groups in total. The van der Waals surface area contributed by atoms with Gasteiger partial charge in [0.2, 0.25) is 0 Å². The number of aliphatic hydroxyl groups excluding tert-OH is 1. The minimum atomic E-state index is -0.443. The van der Waals surface area contributed by atoms with E-state index in [9.17, 15) is 9.18 Å². The van der Waals surface area contributed by atoms with Crippen molar-refractivity contribution >= 4 is 16.9 Å². The number of rotatable bonds is 6. The maximum absolute atomic E-state index is 13.7. The van der Waals surface area contributed by atoms with Crippen LogP contribution in [0.3, 0.4) is 0 Å². The predicted octanol–water partition coefficient (Wildman–Crippen LogP) is 2.08. The number of nitrogens with one attached hydrogen (secondary N) is 1. The monoisotopic (exact) mass is 291 g/mol. The minimum absolute atomic E-state index is 0.121. The molecule has 1 amide bonds. The highest BCUT2D eigenvalue weighted by Gasteiger charge is 2.33. The van der Waals surface area contributed by atoms with Gasteiger partial charge in [0.15, 0.2) is 0 Å². The molecule has 1 aliphatic carbocycles. The molecule has 0 radical (unpaired) electrons. The van der Waals surface area contributed by atoms with E-state index >= 15 is 0 Å². The summed E-state index contributed by atoms with van der Waals surface area (Å²) in [6.07, 6.45) is 4.86. The van der Waals surface area contributed by atoms with Gasteiger partial charge >= 0.3 is 0 Å². The van der Waals surface area contributed by atoms with E-state index in [1.807, 2.05) is 0 Å². The van der Waals surface area contributed by atoms with Gasteiger partial charge in [-0.05, 0) is 37.8 Å². The molecule has 5 nitrogen and oxygen atoms in total. The number of nitrogens with zero attached hydrogens (tertiary/aromatic N) is 2. The molecular formula is C15H18FN3O2. The number of hydrogen-bond donors (Lipinski definition) is 2. The first-order valence-corrected chi connectivity index (χ1v) is 7.25. The summed E-state index contributed by atoms with van der Waals surface area (Å²) in [5.74, 6) is -0.617. The quantitative estimate of drug-likeness (QED) is 0.801. The predicted molar refractivity (Wildman–Crippen MR) is 76.4 cm³/mol. The van der Waals surface area contributed by atoms with Crippen molar-refractivity contribution in [1.29, 1.82) is 0 Å². The van der Waals surface area contributed by atoms with Crippen LogP contribution in [0.4, 0.5) is 4.39 Å². The Morgan fingerprint density at radius 2 is 2.24 bits per heavy atom. The van der Waals surface area contributed by atoms with Crippen molar-refractivity contribution in [3.63, 3.8) is 0 Å². The summed E-state index contributed by atoms with van der Waals surface area (Å²) in [6, 6.07) is 2.84. The smallest absolute Gasteiger partial charge is 0.256 e. The fraction of sp³-hybridized carbons (Fsp3) is 0.467. The zero-order valence-electron chi connectivity index (χ0n) is 11.7. The lowest BCUT2D eigenvalue weighted by Gasteiger charge is -2.22. The van der Waals surface area contributed by atoms with Crippen molar-refractivity contribution < 1.29 is 14.3 Å². The molecule has 0 atom stereocenters. The summed E-state index contributed by atoms with van der Waals surface area (Å²) in [5.41, 5.74) is 1.35. The second-order valence-electron chi connectivity index (χ2n) is 5.41. The molecule has 0 spiro atoms. The molecule has 0 aliphatic heterocycles. The average molecular weight is 291 g/mol. The lowest BCUT2D eigenvalue weighted by molar-refractivity contribution is 0.0738. The number of aromatic nitrogens is 2. The number of fused-ring (bicyclic) bond motifs is 1. The SMILES string of the molecule is O=C(c1cc(F)cc2[nH]cnc12)N(CCCCO)C1CC1. The van der Waals surface area contributed by atoms with E-state index in [4.69, 9.17) is 5.11 Å². The summed E-state index contributed by atoms with van der Waals surface area (Å²) < 4.78 is 13.7. The Bertz CT molecular complexity index is 651. The van der Waals surface area contributed by atoms with Crippen LogP contribution in [0.1, 0.15) is 36.0 Å². The number of unbranched alkanes of at least 4 members (excludes halogenated alkanes) is 1. The number of hydrogen-bond acceptors (Lipinski definition) is 3. The number of carbonyl (C=O) groups is 1. The second kappa shape index (κ2) is 5.81. The number of aliphatic hydroxyl groups is 1. The van der Waals surface area contributed by atoms with Gasteiger partial charge in [-0.1, -0.05) is 0 Å². The number of carbonyl (C=O) groups excluding carboxylic acids is 1. The summed E-state index contributed by atoms with van der Waals surface area (Å²) in [4.78, 5) is 21.5. The second-order valence-corrected chi connectivity index (χ2v) is 5.41. The number of aromatic amines is 1. The van der Waals surface area contributed by atoms with Crippen LogP contribution in [0.25, 0.3) is 11.0 Å². The van der Waals surface area contributed by atoms with Crippen molar-refractivity contribution in [1.82, 2.24) is 14.9 Å². The van der Waals surface area contributed by atoms with E-state index in [-0.39, 0.29) is 18.6 Å². The van der Waals surface area contributed by atoms with Crippen LogP contribution < -0.4 is 0 Å². The van der Waals surface area contributed by atoms with E-state index in [1.54, 1.807) is 4.90 Å². The molecule has 0 unspecified atom stereocenters. The fourth-order valence-electron chi connectivity index (χ4n) is 2.56. The van der Waals surface area contributed by atoms with Gasteiger partial charge in [0.25, 0.3) is 5.91 Å². The standard InChI is InChI=1S/C15H18FN3O2/c16-10-7-12(14-13(8-10)17-9-18-14)15(21)19(11-3-4-11)5-1-2-6-20/h7-9,11,20H,1-6H2,(H,17,18). The Morgan fingerprint density at radius 1 is 1.43 bits per heavy atom. The lowest BCUT2D eigenvalue weighted by Crippen LogP contribution is -2.34. The molecule has 0 bridgehead atoms. The highest BCUT2D eigenvalue weighted by atomic mass is 19.1. The van der Waals surface area contributed by atoms with Gasteiger partial charge in [0.05, 0.1) is 17.4 Å². The maximum atomic E-state index is 13.7. The van der Waals surface area contributed by atoms with Gasteiger partial charge in [0.1, 0.15) is 11.3 Å². The summed E-state index contributed by atoms with van der Waals surface area (Å²) in [6.45, 7) is 0.711. The highest BCUT2D eigenvalue weighted by Crippen LogP contribution is 2.30. The van der Waals surface area contributed by atoms with Crippen molar-refractivity contribution in [2.75, 3.05) is 13.2 Å². The van der Waals surface area contributed by atoms with E-state index in [0.717, 1.165) is 19.3 Å². The number of H-pyrrole nitrogens is 1. The first-order valence-electron chi connectivity index (χ1n) is 7.25. The third kappa shape index (κ3) is 2.90. The Morgan fingerprint density at radius 3 is 2.95 bits per heavy atom. The van der Waals surface area contributed by atoms with Crippen LogP contribution in [0.15, 0.2) is 18.5 Å². The summed E-state index contributed by atoms with van der Waals surface area (Å²) >= 11 is 0. The maximum Gasteiger partial charge on any atom is 0.256 e. The van der Waals surface area contributed by atoms with Crippen LogP contribution in [0, 0.1) is 5.82 Å². The van der Waals surface area contributed by atoms with E-state index in [0.29, 0.717) is 29.6 Å². The number of benzene rings is 1. The molecular weight excluding hydrogens is 273 g/mol. The molecule has 1 aliphatic rings. The van der Waals surface area contributed by atoms with Crippen molar-refractivity contribution in [2.24, 2.45) is 0 Å². The van der Waals surface area contributed by atoms with Crippen molar-refractivity contribution in [3.05, 3.63) is 29.8 Å². The Kier molecular flexibility index (Phi) is 3.88. The number of amides is 1. The molecule has 1 heterocycles. The molecule has 1 aromatic carbocycles. The van der Waals surface area contributed by atoms with E-state index in [2.05, 4.69) is 9.97 Å². The third-order valence-corrected chi connectivity index (χ3v) is 3.77. The first kappa shape index (κ1) is 14.0. The molecule has 112 valence electrons. The Hall–Kier alpha value is -1.95. The highest BCUT2D eigenvalue weighted by molar-refractivity contribution is 6.05. The van der Waals surface area contributed by atoms with E-state index < -0.39 is 5.82 Å². The molecule has 21 heavy (non-hydrogen) atoms. The zero-order chi connectivity index (χ0) is 14.8.